The van der Waals surface area contributed by atoms with E-state index in [1.54, 1.807) is 0 Å². The summed E-state index contributed by atoms with van der Waals surface area (Å²) in [6, 6.07) is 5.84. The lowest BCUT2D eigenvalue weighted by molar-refractivity contribution is -0.123. The molecule has 1 amide bonds. The summed E-state index contributed by atoms with van der Waals surface area (Å²) in [5.74, 6) is 1.32. The normalized spacial score (nSPS) is 19.1. The Morgan fingerprint density at radius 1 is 1.32 bits per heavy atom. The third-order valence-corrected chi connectivity index (χ3v) is 4.49. The summed E-state index contributed by atoms with van der Waals surface area (Å²) in [5.41, 5.74) is 0.914. The summed E-state index contributed by atoms with van der Waals surface area (Å²) in [5, 5.41) is 2.91. The van der Waals surface area contributed by atoms with Gasteiger partial charge in [-0.3, -0.25) is 9.69 Å². The van der Waals surface area contributed by atoms with Crippen LogP contribution in [-0.4, -0.2) is 62.4 Å². The van der Waals surface area contributed by atoms with Gasteiger partial charge in [0.25, 0.3) is 5.91 Å². The van der Waals surface area contributed by atoms with E-state index in [1.807, 2.05) is 18.2 Å². The molecule has 0 radical (unpaired) electrons. The van der Waals surface area contributed by atoms with E-state index in [0.29, 0.717) is 12.3 Å². The number of nitrogens with zero attached hydrogens (tertiary/aromatic N) is 1. The molecule has 1 N–H and O–H groups in total. The molecule has 138 valence electrons. The Balaban J connectivity index is 1.38. The third-order valence-electron chi connectivity index (χ3n) is 4.49. The molecule has 1 aromatic rings. The Hall–Kier alpha value is -1.79. The molecule has 1 fully saturated rings. The average Bonchev–Trinajstić information content (AvgIpc) is 2.92. The molecule has 6 heteroatoms. The molecule has 0 saturated carbocycles. The number of fused-ring (bicyclic) bond motifs is 1. The van der Waals surface area contributed by atoms with Crippen LogP contribution in [0.25, 0.3) is 0 Å². The number of nitrogens with one attached hydrogen (secondary N) is 1. The molecule has 2 aliphatic rings. The smallest absolute Gasteiger partial charge is 0.257 e. The number of carbonyl (C=O) groups is 1. The lowest BCUT2D eigenvalue weighted by Gasteiger charge is -2.26. The van der Waals surface area contributed by atoms with Gasteiger partial charge < -0.3 is 19.5 Å². The number of benzene rings is 1. The summed E-state index contributed by atoms with van der Waals surface area (Å²) in [6.45, 7) is 9.34. The van der Waals surface area contributed by atoms with Gasteiger partial charge >= 0.3 is 0 Å². The molecule has 2 aliphatic heterocycles. The minimum atomic E-state index is -0.219. The molecule has 6 nitrogen and oxygen atoms in total. The number of hydrogen-bond acceptors (Lipinski definition) is 5. The molecule has 1 saturated heterocycles. The van der Waals surface area contributed by atoms with Crippen molar-refractivity contribution in [3.05, 3.63) is 23.8 Å². The van der Waals surface area contributed by atoms with Crippen LogP contribution in [0.3, 0.4) is 0 Å². The second kappa shape index (κ2) is 8.06. The van der Waals surface area contributed by atoms with Crippen LogP contribution in [0.5, 0.6) is 11.5 Å². The number of hydrogen-bond donors (Lipinski definition) is 1. The molecular weight excluding hydrogens is 320 g/mol. The molecule has 0 atom stereocenters. The molecule has 1 aromatic carbocycles. The van der Waals surface area contributed by atoms with E-state index in [4.69, 9.17) is 14.2 Å². The zero-order valence-corrected chi connectivity index (χ0v) is 15.2. The summed E-state index contributed by atoms with van der Waals surface area (Å²) in [6.07, 6.45) is 1.79. The maximum atomic E-state index is 12.0. The third kappa shape index (κ3) is 5.09. The molecule has 0 unspecified atom stereocenters. The van der Waals surface area contributed by atoms with Gasteiger partial charge in [0.05, 0.1) is 13.2 Å². The first-order valence-electron chi connectivity index (χ1n) is 9.04. The van der Waals surface area contributed by atoms with Gasteiger partial charge in [0, 0.05) is 31.6 Å². The summed E-state index contributed by atoms with van der Waals surface area (Å²) < 4.78 is 17.0. The second-order valence-electron chi connectivity index (χ2n) is 7.23. The average molecular weight is 348 g/mol. The first-order valence-corrected chi connectivity index (χ1v) is 9.04. The maximum Gasteiger partial charge on any atom is 0.257 e. The first kappa shape index (κ1) is 18.0. The van der Waals surface area contributed by atoms with Crippen LogP contribution in [-0.2, 0) is 16.0 Å². The van der Waals surface area contributed by atoms with E-state index in [2.05, 4.69) is 24.1 Å². The minimum absolute atomic E-state index is 0.0117. The largest absolute Gasteiger partial charge is 0.483 e. The van der Waals surface area contributed by atoms with Crippen LogP contribution >= 0.6 is 0 Å². The Kier molecular flexibility index (Phi) is 5.81. The lowest BCUT2D eigenvalue weighted by Crippen LogP contribution is -2.38. The number of rotatable bonds is 7. The SMILES string of the molecule is CC1(C)Cc2cccc(OCC(=O)NCCCN3CCOCC3)c2O1. The molecule has 2 heterocycles. The molecule has 0 aromatic heterocycles. The summed E-state index contributed by atoms with van der Waals surface area (Å²) in [4.78, 5) is 14.3. The predicted molar refractivity (Wildman–Crippen MR) is 95.2 cm³/mol. The Morgan fingerprint density at radius 3 is 2.92 bits per heavy atom. The van der Waals surface area contributed by atoms with E-state index in [9.17, 15) is 4.79 Å². The highest BCUT2D eigenvalue weighted by atomic mass is 16.5. The van der Waals surface area contributed by atoms with Gasteiger partial charge in [-0.2, -0.15) is 0 Å². The zero-order valence-electron chi connectivity index (χ0n) is 15.2. The lowest BCUT2D eigenvalue weighted by atomic mass is 10.0. The fourth-order valence-electron chi connectivity index (χ4n) is 3.25. The van der Waals surface area contributed by atoms with Crippen LogP contribution in [0, 0.1) is 0 Å². The van der Waals surface area contributed by atoms with Crippen LogP contribution < -0.4 is 14.8 Å². The van der Waals surface area contributed by atoms with Crippen molar-refractivity contribution in [1.29, 1.82) is 0 Å². The van der Waals surface area contributed by atoms with Gasteiger partial charge in [-0.1, -0.05) is 12.1 Å². The number of amides is 1. The Bertz CT molecular complexity index is 597. The second-order valence-corrected chi connectivity index (χ2v) is 7.23. The van der Waals surface area contributed by atoms with Crippen LogP contribution in [0.1, 0.15) is 25.8 Å². The monoisotopic (exact) mass is 348 g/mol. The predicted octanol–water partition coefficient (Wildman–Crippen LogP) is 1.62. The van der Waals surface area contributed by atoms with Crippen LogP contribution in [0.2, 0.25) is 0 Å². The maximum absolute atomic E-state index is 12.0. The fourth-order valence-corrected chi connectivity index (χ4v) is 3.25. The molecule has 0 bridgehead atoms. The molecule has 25 heavy (non-hydrogen) atoms. The first-order chi connectivity index (χ1) is 12.0. The van der Waals surface area contributed by atoms with Gasteiger partial charge in [0.1, 0.15) is 5.60 Å². The van der Waals surface area contributed by atoms with Crippen molar-refractivity contribution in [3.8, 4) is 11.5 Å². The minimum Gasteiger partial charge on any atom is -0.483 e. The fraction of sp³-hybridized carbons (Fsp3) is 0.632. The Labute approximate surface area is 149 Å². The van der Waals surface area contributed by atoms with Crippen molar-refractivity contribution < 1.29 is 19.0 Å². The molecule has 0 spiro atoms. The zero-order chi connectivity index (χ0) is 17.7. The van der Waals surface area contributed by atoms with E-state index >= 15 is 0 Å². The number of ether oxygens (including phenoxy) is 3. The van der Waals surface area contributed by atoms with Crippen molar-refractivity contribution in [2.24, 2.45) is 0 Å². The number of morpholine rings is 1. The highest BCUT2D eigenvalue weighted by Gasteiger charge is 2.32. The highest BCUT2D eigenvalue weighted by molar-refractivity contribution is 5.77. The van der Waals surface area contributed by atoms with Crippen molar-refractivity contribution in [3.63, 3.8) is 0 Å². The molecular formula is C19H28N2O4. The van der Waals surface area contributed by atoms with Gasteiger partial charge in [-0.25, -0.2) is 0 Å². The quantitative estimate of drug-likeness (QED) is 0.759. The summed E-state index contributed by atoms with van der Waals surface area (Å²) in [7, 11) is 0. The van der Waals surface area contributed by atoms with Gasteiger partial charge in [-0.05, 0) is 32.9 Å². The van der Waals surface area contributed by atoms with E-state index in [1.165, 1.54) is 0 Å². The molecule has 3 rings (SSSR count). The summed E-state index contributed by atoms with van der Waals surface area (Å²) >= 11 is 0. The van der Waals surface area contributed by atoms with E-state index < -0.39 is 0 Å². The van der Waals surface area contributed by atoms with E-state index in [-0.39, 0.29) is 18.1 Å². The van der Waals surface area contributed by atoms with E-state index in [0.717, 1.165) is 57.0 Å². The van der Waals surface area contributed by atoms with Crippen LogP contribution in [0.4, 0.5) is 0 Å². The van der Waals surface area contributed by atoms with Gasteiger partial charge in [-0.15, -0.1) is 0 Å². The van der Waals surface area contributed by atoms with Crippen molar-refractivity contribution in [2.45, 2.75) is 32.3 Å². The van der Waals surface area contributed by atoms with Gasteiger partial charge in [0.2, 0.25) is 0 Å². The molecule has 0 aliphatic carbocycles. The van der Waals surface area contributed by atoms with Gasteiger partial charge in [0.15, 0.2) is 18.1 Å². The number of carbonyl (C=O) groups excluding carboxylic acids is 1. The Morgan fingerprint density at radius 2 is 2.12 bits per heavy atom. The topological polar surface area (TPSA) is 60.0 Å². The van der Waals surface area contributed by atoms with Crippen molar-refractivity contribution in [2.75, 3.05) is 46.0 Å². The number of para-hydroxylation sites is 1. The highest BCUT2D eigenvalue weighted by Crippen LogP contribution is 2.41. The van der Waals surface area contributed by atoms with Crippen LogP contribution in [0.15, 0.2) is 18.2 Å². The van der Waals surface area contributed by atoms with Crippen molar-refractivity contribution >= 4 is 5.91 Å². The standard InChI is InChI=1S/C19H28N2O4/c1-19(2)13-15-5-3-6-16(18(15)25-19)24-14-17(22)20-7-4-8-21-9-11-23-12-10-21/h3,5-6H,4,7-14H2,1-2H3,(H,20,22). The van der Waals surface area contributed by atoms with Crippen molar-refractivity contribution in [1.82, 2.24) is 10.2 Å².